The van der Waals surface area contributed by atoms with Gasteiger partial charge in [0.05, 0.1) is 12.7 Å². The number of ether oxygens (including phenoxy) is 1. The number of nitrogens with zero attached hydrogens (tertiary/aromatic N) is 2. The fourth-order valence-electron chi connectivity index (χ4n) is 7.17. The number of hydrogen-bond acceptors (Lipinski definition) is 5. The summed E-state index contributed by atoms with van der Waals surface area (Å²) in [5.74, 6) is 1.57. The molecule has 6 heteroatoms. The third kappa shape index (κ3) is 7.54. The highest BCUT2D eigenvalue weighted by atomic mass is 28.4. The molecule has 0 bridgehead atoms. The molecule has 4 aromatic rings. The van der Waals surface area contributed by atoms with Crippen molar-refractivity contribution < 1.29 is 13.6 Å². The van der Waals surface area contributed by atoms with Crippen molar-refractivity contribution in [3.8, 4) is 6.07 Å². The number of furan rings is 1. The Hall–Kier alpha value is -4.31. The molecule has 1 heterocycles. The lowest BCUT2D eigenvalue weighted by Crippen LogP contribution is -2.66. The molecule has 1 aliphatic rings. The molecule has 3 aromatic carbocycles. The molecule has 0 saturated carbocycles. The van der Waals surface area contributed by atoms with Crippen molar-refractivity contribution >= 4 is 41.4 Å². The molecule has 0 atom stereocenters. The molecule has 0 aliphatic heterocycles. The van der Waals surface area contributed by atoms with Gasteiger partial charge in [-0.1, -0.05) is 101 Å². The summed E-state index contributed by atoms with van der Waals surface area (Å²) in [7, 11) is -2.69. The number of rotatable bonds is 12. The second kappa shape index (κ2) is 14.8. The van der Waals surface area contributed by atoms with E-state index < -0.39 is 8.32 Å². The standard InChI is InChI=1S/C42H50N2O3Si/c1-8-44(9-2)35-22-20-32-28-36(47-39(32)29-35)23-21-33-30-42(6,7)31-34(24-25-43)40(33)45-26-27-46-48(41(3,4)5,37-16-12-10-13-17-37)38-18-14-11-15-19-38/h10-24,28-29H,8-9,26-27,30-31H2,1-7H3/b23-21+,34-24+. The highest BCUT2D eigenvalue weighted by Gasteiger charge is 2.50. The van der Waals surface area contributed by atoms with Crippen LogP contribution in [-0.2, 0) is 9.16 Å². The highest BCUT2D eigenvalue weighted by Crippen LogP contribution is 2.43. The summed E-state index contributed by atoms with van der Waals surface area (Å²) >= 11 is 0. The molecule has 0 N–H and O–H groups in total. The van der Waals surface area contributed by atoms with E-state index in [1.165, 1.54) is 10.4 Å². The van der Waals surface area contributed by atoms with Crippen molar-refractivity contribution in [1.29, 1.82) is 5.26 Å². The van der Waals surface area contributed by atoms with Crippen LogP contribution < -0.4 is 15.3 Å². The van der Waals surface area contributed by atoms with Gasteiger partial charge >= 0.3 is 0 Å². The Morgan fingerprint density at radius 1 is 0.875 bits per heavy atom. The topological polar surface area (TPSA) is 58.6 Å². The second-order valence-electron chi connectivity index (χ2n) is 14.4. The van der Waals surface area contributed by atoms with Gasteiger partial charge in [0.2, 0.25) is 0 Å². The predicted octanol–water partition coefficient (Wildman–Crippen LogP) is 9.41. The number of allylic oxidation sites excluding steroid dienone is 4. The molecule has 0 saturated heterocycles. The van der Waals surface area contributed by atoms with Crippen molar-refractivity contribution in [2.24, 2.45) is 5.41 Å². The third-order valence-electron chi connectivity index (χ3n) is 9.33. The van der Waals surface area contributed by atoms with Crippen LogP contribution in [0.2, 0.25) is 5.04 Å². The summed E-state index contributed by atoms with van der Waals surface area (Å²) in [6.07, 6.45) is 7.36. The fraction of sp³-hybridized carbons (Fsp3) is 0.357. The zero-order chi connectivity index (χ0) is 34.4. The first kappa shape index (κ1) is 35.0. The van der Waals surface area contributed by atoms with Crippen LogP contribution in [0.5, 0.6) is 0 Å². The van der Waals surface area contributed by atoms with Gasteiger partial charge in [-0.2, -0.15) is 5.26 Å². The molecule has 0 radical (unpaired) electrons. The van der Waals surface area contributed by atoms with E-state index in [9.17, 15) is 5.26 Å². The minimum absolute atomic E-state index is 0.0207. The normalized spacial score (nSPS) is 16.1. The average Bonchev–Trinajstić information content (AvgIpc) is 3.48. The smallest absolute Gasteiger partial charge is 0.261 e. The molecular formula is C42H50N2O3Si. The largest absolute Gasteiger partial charge is 0.491 e. The maximum atomic E-state index is 9.74. The van der Waals surface area contributed by atoms with Gasteiger partial charge in [-0.3, -0.25) is 0 Å². The van der Waals surface area contributed by atoms with E-state index >= 15 is 0 Å². The quantitative estimate of drug-likeness (QED) is 0.0863. The first-order valence-corrected chi connectivity index (χ1v) is 19.1. The number of fused-ring (bicyclic) bond motifs is 1. The van der Waals surface area contributed by atoms with Gasteiger partial charge in [-0.05, 0) is 77.4 Å². The molecule has 0 unspecified atom stereocenters. The van der Waals surface area contributed by atoms with Crippen molar-refractivity contribution in [1.82, 2.24) is 0 Å². The van der Waals surface area contributed by atoms with Crippen LogP contribution in [0.4, 0.5) is 5.69 Å². The predicted molar refractivity (Wildman–Crippen MR) is 202 cm³/mol. The summed E-state index contributed by atoms with van der Waals surface area (Å²) in [5.41, 5.74) is 4.00. The minimum atomic E-state index is -2.69. The average molecular weight is 659 g/mol. The van der Waals surface area contributed by atoms with Crippen molar-refractivity contribution in [2.45, 2.75) is 66.3 Å². The van der Waals surface area contributed by atoms with Crippen LogP contribution in [0.3, 0.4) is 0 Å². The van der Waals surface area contributed by atoms with Gasteiger partial charge in [0.25, 0.3) is 8.32 Å². The zero-order valence-electron chi connectivity index (χ0n) is 29.7. The first-order valence-electron chi connectivity index (χ1n) is 17.2. The maximum Gasteiger partial charge on any atom is 0.261 e. The van der Waals surface area contributed by atoms with Crippen molar-refractivity contribution in [3.05, 3.63) is 120 Å². The SMILES string of the molecule is CCN(CC)c1ccc2cc(/C=C/C3=C(OCCO[Si](c4ccccc4)(c4ccccc4)C(C)(C)C)C(=C/C#N)/CC(C)(C)C3)oc2c1. The van der Waals surface area contributed by atoms with E-state index in [2.05, 4.69) is 150 Å². The molecule has 0 fully saturated rings. The van der Waals surface area contributed by atoms with E-state index in [1.54, 1.807) is 6.08 Å². The molecule has 48 heavy (non-hydrogen) atoms. The summed E-state index contributed by atoms with van der Waals surface area (Å²) in [4.78, 5) is 2.32. The Morgan fingerprint density at radius 3 is 2.10 bits per heavy atom. The molecule has 5 rings (SSSR count). The zero-order valence-corrected chi connectivity index (χ0v) is 30.7. The van der Waals surface area contributed by atoms with Gasteiger partial charge in [-0.15, -0.1) is 0 Å². The molecule has 250 valence electrons. The van der Waals surface area contributed by atoms with Crippen LogP contribution in [0.15, 0.2) is 118 Å². The Labute approximate surface area is 288 Å². The second-order valence-corrected chi connectivity index (χ2v) is 18.7. The lowest BCUT2D eigenvalue weighted by atomic mass is 9.74. The Kier molecular flexibility index (Phi) is 10.8. The van der Waals surface area contributed by atoms with Crippen molar-refractivity contribution in [2.75, 3.05) is 31.2 Å². The van der Waals surface area contributed by atoms with Gasteiger partial charge in [-0.25, -0.2) is 0 Å². The number of anilines is 1. The van der Waals surface area contributed by atoms with Gasteiger partial charge in [0, 0.05) is 41.9 Å². The Balaban J connectivity index is 1.44. The maximum absolute atomic E-state index is 9.74. The minimum Gasteiger partial charge on any atom is -0.491 e. The van der Waals surface area contributed by atoms with Gasteiger partial charge in [0.15, 0.2) is 0 Å². The Morgan fingerprint density at radius 2 is 1.52 bits per heavy atom. The van der Waals surface area contributed by atoms with E-state index in [1.807, 2.05) is 6.08 Å². The van der Waals surface area contributed by atoms with E-state index in [0.29, 0.717) is 13.2 Å². The van der Waals surface area contributed by atoms with Crippen molar-refractivity contribution in [3.63, 3.8) is 0 Å². The summed E-state index contributed by atoms with van der Waals surface area (Å²) in [6, 6.07) is 32.1. The summed E-state index contributed by atoms with van der Waals surface area (Å²) < 4.78 is 20.0. The van der Waals surface area contributed by atoms with Crippen LogP contribution >= 0.6 is 0 Å². The van der Waals surface area contributed by atoms with Gasteiger partial charge < -0.3 is 18.5 Å². The molecule has 0 spiro atoms. The monoisotopic (exact) mass is 658 g/mol. The van der Waals surface area contributed by atoms with E-state index in [0.717, 1.165) is 65.3 Å². The van der Waals surface area contributed by atoms with Crippen LogP contribution in [0.1, 0.15) is 67.1 Å². The number of benzene rings is 3. The van der Waals surface area contributed by atoms with Gasteiger partial charge in [0.1, 0.15) is 23.7 Å². The van der Waals surface area contributed by atoms with E-state index in [4.69, 9.17) is 13.6 Å². The summed E-state index contributed by atoms with van der Waals surface area (Å²) in [6.45, 7) is 18.4. The lowest BCUT2D eigenvalue weighted by molar-refractivity contribution is 0.145. The molecule has 5 nitrogen and oxygen atoms in total. The molecule has 1 aliphatic carbocycles. The molecular weight excluding hydrogens is 609 g/mol. The summed E-state index contributed by atoms with van der Waals surface area (Å²) in [5, 5.41) is 13.2. The molecule has 0 amide bonds. The third-order valence-corrected chi connectivity index (χ3v) is 14.4. The fourth-order valence-corrected chi connectivity index (χ4v) is 11.7. The number of nitriles is 1. The number of hydrogen-bond donors (Lipinski definition) is 0. The van der Waals surface area contributed by atoms with Crippen LogP contribution in [0, 0.1) is 16.7 Å². The first-order chi connectivity index (χ1) is 23.0. The van der Waals surface area contributed by atoms with Crippen LogP contribution in [-0.4, -0.2) is 34.6 Å². The Bertz CT molecular complexity index is 1780. The highest BCUT2D eigenvalue weighted by molar-refractivity contribution is 6.99. The lowest BCUT2D eigenvalue weighted by Gasteiger charge is -2.43. The van der Waals surface area contributed by atoms with Crippen LogP contribution in [0.25, 0.3) is 17.0 Å². The molecule has 1 aromatic heterocycles. The van der Waals surface area contributed by atoms with E-state index in [-0.39, 0.29) is 10.5 Å².